The highest BCUT2D eigenvalue weighted by atomic mass is 79.9. The van der Waals surface area contributed by atoms with E-state index >= 15 is 0 Å². The van der Waals surface area contributed by atoms with Gasteiger partial charge in [-0.15, -0.1) is 11.3 Å². The lowest BCUT2D eigenvalue weighted by atomic mass is 9.98. The maximum atomic E-state index is 10.3. The summed E-state index contributed by atoms with van der Waals surface area (Å²) >= 11 is 14.3. The molecule has 100 valence electrons. The van der Waals surface area contributed by atoms with E-state index in [9.17, 15) is 5.11 Å². The van der Waals surface area contributed by atoms with E-state index in [1.54, 1.807) is 0 Å². The normalized spacial score (nSPS) is 21.9. The molecule has 0 fully saturated rings. The Labute approximate surface area is 136 Å². The van der Waals surface area contributed by atoms with Crippen molar-refractivity contribution in [3.05, 3.63) is 48.0 Å². The number of ether oxygens (including phenoxy) is 1. The number of thiophene rings is 1. The molecule has 0 saturated carbocycles. The van der Waals surface area contributed by atoms with Gasteiger partial charge in [-0.25, -0.2) is 0 Å². The first-order valence-electron chi connectivity index (χ1n) is 5.63. The summed E-state index contributed by atoms with van der Waals surface area (Å²) in [7, 11) is 0. The van der Waals surface area contributed by atoms with Gasteiger partial charge in [0.1, 0.15) is 16.2 Å². The van der Waals surface area contributed by atoms with Gasteiger partial charge in [0, 0.05) is 25.8 Å². The van der Waals surface area contributed by atoms with Crippen LogP contribution >= 0.6 is 54.8 Å². The fourth-order valence-corrected chi connectivity index (χ4v) is 4.27. The molecule has 0 aliphatic carbocycles. The zero-order valence-corrected chi connectivity index (χ0v) is 14.3. The molecule has 1 aliphatic heterocycles. The largest absolute Gasteiger partial charge is 0.484 e. The zero-order valence-electron chi connectivity index (χ0n) is 9.57. The van der Waals surface area contributed by atoms with Gasteiger partial charge in [0.05, 0.1) is 6.10 Å². The maximum absolute atomic E-state index is 10.3. The van der Waals surface area contributed by atoms with E-state index in [1.165, 1.54) is 11.3 Å². The summed E-state index contributed by atoms with van der Waals surface area (Å²) in [6.07, 6.45) is -0.143. The van der Waals surface area contributed by atoms with Crippen molar-refractivity contribution < 1.29 is 9.84 Å². The summed E-state index contributed by atoms with van der Waals surface area (Å²) in [5.74, 6) is 0.729. The minimum absolute atomic E-state index is 0.155. The van der Waals surface area contributed by atoms with Crippen LogP contribution in [-0.4, -0.2) is 5.11 Å². The molecule has 2 nitrogen and oxygen atoms in total. The van der Waals surface area contributed by atoms with Crippen LogP contribution in [0.15, 0.2) is 33.2 Å². The molecule has 6 heteroatoms. The van der Waals surface area contributed by atoms with E-state index in [4.69, 9.17) is 16.3 Å². The van der Waals surface area contributed by atoms with E-state index < -0.39 is 6.10 Å². The van der Waals surface area contributed by atoms with E-state index in [1.807, 2.05) is 24.3 Å². The lowest BCUT2D eigenvalue weighted by molar-refractivity contribution is 0.0673. The van der Waals surface area contributed by atoms with E-state index in [0.29, 0.717) is 10.8 Å². The second kappa shape index (κ2) is 5.37. The topological polar surface area (TPSA) is 29.5 Å². The molecule has 19 heavy (non-hydrogen) atoms. The van der Waals surface area contributed by atoms with Crippen LogP contribution in [0.1, 0.15) is 29.1 Å². The Morgan fingerprint density at radius 1 is 1.32 bits per heavy atom. The molecule has 1 unspecified atom stereocenters. The Balaban J connectivity index is 1.94. The molecular formula is C13H9Br2ClO2S. The molecule has 3 rings (SSSR count). The van der Waals surface area contributed by atoms with Crippen LogP contribution in [0.4, 0.5) is 0 Å². The van der Waals surface area contributed by atoms with Crippen LogP contribution in [0.3, 0.4) is 0 Å². The molecule has 0 bridgehead atoms. The highest BCUT2D eigenvalue weighted by Crippen LogP contribution is 2.45. The van der Waals surface area contributed by atoms with Crippen molar-refractivity contribution in [1.82, 2.24) is 0 Å². The first-order valence-corrected chi connectivity index (χ1v) is 8.41. The first kappa shape index (κ1) is 13.9. The number of fused-ring (bicyclic) bond motifs is 1. The average molecular weight is 425 g/mol. The minimum atomic E-state index is -0.522. The van der Waals surface area contributed by atoms with Gasteiger partial charge in [-0.2, -0.15) is 0 Å². The van der Waals surface area contributed by atoms with Crippen LogP contribution < -0.4 is 4.74 Å². The smallest absolute Gasteiger partial charge is 0.136 e. The van der Waals surface area contributed by atoms with Crippen LogP contribution in [-0.2, 0) is 0 Å². The van der Waals surface area contributed by atoms with Crippen LogP contribution in [0.25, 0.3) is 0 Å². The van der Waals surface area contributed by atoms with Gasteiger partial charge in [0.15, 0.2) is 0 Å². The van der Waals surface area contributed by atoms with E-state index in [-0.39, 0.29) is 6.10 Å². The quantitative estimate of drug-likeness (QED) is 0.657. The predicted molar refractivity (Wildman–Crippen MR) is 84.1 cm³/mol. The number of halogens is 3. The molecule has 0 radical (unpaired) electrons. The SMILES string of the molecule is O[C@H]1CC(c2cc(Br)c(Cl)s2)Oc2ccc(Br)cc21. The molecule has 2 atom stereocenters. The number of rotatable bonds is 1. The molecule has 2 aromatic rings. The minimum Gasteiger partial charge on any atom is -0.484 e. The van der Waals surface area contributed by atoms with Crippen molar-refractivity contribution in [1.29, 1.82) is 0 Å². The third-order valence-electron chi connectivity index (χ3n) is 3.02. The van der Waals surface area contributed by atoms with Crippen LogP contribution in [0.2, 0.25) is 4.34 Å². The van der Waals surface area contributed by atoms with Crippen LogP contribution in [0, 0.1) is 0 Å². The number of hydrogen-bond donors (Lipinski definition) is 1. The fourth-order valence-electron chi connectivity index (χ4n) is 2.11. The fraction of sp³-hybridized carbons (Fsp3) is 0.231. The number of aliphatic hydroxyl groups is 1. The Kier molecular flexibility index (Phi) is 3.93. The van der Waals surface area contributed by atoms with Gasteiger partial charge < -0.3 is 9.84 Å². The van der Waals surface area contributed by atoms with Gasteiger partial charge in [-0.3, -0.25) is 0 Å². The van der Waals surface area contributed by atoms with Crippen LogP contribution in [0.5, 0.6) is 5.75 Å². The molecule has 1 aromatic carbocycles. The average Bonchev–Trinajstić information content (AvgIpc) is 2.70. The Bertz CT molecular complexity index is 610. The third-order valence-corrected chi connectivity index (χ3v) is 6.08. The van der Waals surface area contributed by atoms with E-state index in [2.05, 4.69) is 31.9 Å². The second-order valence-corrected chi connectivity index (χ2v) is 7.77. The lowest BCUT2D eigenvalue weighted by Gasteiger charge is -2.29. The van der Waals surface area contributed by atoms with Gasteiger partial charge in [-0.1, -0.05) is 27.5 Å². The molecule has 1 N–H and O–H groups in total. The number of hydrogen-bond acceptors (Lipinski definition) is 3. The van der Waals surface area contributed by atoms with Gasteiger partial charge >= 0.3 is 0 Å². The van der Waals surface area contributed by atoms with Gasteiger partial charge in [0.2, 0.25) is 0 Å². The molecule has 0 spiro atoms. The zero-order chi connectivity index (χ0) is 13.6. The highest BCUT2D eigenvalue weighted by molar-refractivity contribution is 9.10. The second-order valence-electron chi connectivity index (χ2n) is 4.31. The molecule has 1 aromatic heterocycles. The summed E-state index contributed by atoms with van der Waals surface area (Å²) < 4.78 is 8.47. The monoisotopic (exact) mass is 422 g/mol. The summed E-state index contributed by atoms with van der Waals surface area (Å²) in [6, 6.07) is 7.63. The number of aliphatic hydroxyl groups excluding tert-OH is 1. The highest BCUT2D eigenvalue weighted by Gasteiger charge is 2.29. The predicted octanol–water partition coefficient (Wildman–Crippen LogP) is 5.48. The Hall–Kier alpha value is -0.0700. The van der Waals surface area contributed by atoms with Crippen molar-refractivity contribution in [2.75, 3.05) is 0 Å². The summed E-state index contributed by atoms with van der Waals surface area (Å²) in [5.41, 5.74) is 0.826. The molecular weight excluding hydrogens is 415 g/mol. The Morgan fingerprint density at radius 2 is 2.11 bits per heavy atom. The van der Waals surface area contributed by atoms with Crippen molar-refractivity contribution >= 4 is 54.8 Å². The van der Waals surface area contributed by atoms with E-state index in [0.717, 1.165) is 25.1 Å². The maximum Gasteiger partial charge on any atom is 0.136 e. The van der Waals surface area contributed by atoms with Crippen molar-refractivity contribution in [2.24, 2.45) is 0 Å². The van der Waals surface area contributed by atoms with Crippen molar-refractivity contribution in [3.8, 4) is 5.75 Å². The molecule has 0 saturated heterocycles. The summed E-state index contributed by atoms with van der Waals surface area (Å²) in [4.78, 5) is 1.02. The van der Waals surface area contributed by atoms with Crippen molar-refractivity contribution in [2.45, 2.75) is 18.6 Å². The Morgan fingerprint density at radius 3 is 2.79 bits per heavy atom. The standard InChI is InChI=1S/C13H9Br2ClO2S/c14-6-1-2-10-7(3-6)9(17)5-11(18-10)12-4-8(15)13(16)19-12/h1-4,9,11,17H,5H2/t9-,11?/m0/s1. The molecule has 0 amide bonds. The van der Waals surface area contributed by atoms with Gasteiger partial charge in [-0.05, 0) is 40.2 Å². The summed E-state index contributed by atoms with van der Waals surface area (Å²) in [5, 5.41) is 10.3. The third kappa shape index (κ3) is 2.72. The molecule has 1 aliphatic rings. The summed E-state index contributed by atoms with van der Waals surface area (Å²) in [6.45, 7) is 0. The lowest BCUT2D eigenvalue weighted by Crippen LogP contribution is -2.18. The first-order chi connectivity index (χ1) is 9.04. The number of benzene rings is 1. The molecule has 2 heterocycles. The van der Waals surface area contributed by atoms with Gasteiger partial charge in [0.25, 0.3) is 0 Å². The van der Waals surface area contributed by atoms with Crippen molar-refractivity contribution in [3.63, 3.8) is 0 Å².